The number of carbonyl (C=O) groups is 3. The summed E-state index contributed by atoms with van der Waals surface area (Å²) in [6, 6.07) is -2.33. The third kappa shape index (κ3) is 8.33. The minimum absolute atomic E-state index is 0.159. The van der Waals surface area contributed by atoms with Crippen LogP contribution in [0.4, 0.5) is 4.79 Å². The van der Waals surface area contributed by atoms with Gasteiger partial charge >= 0.3 is 12.0 Å². The topological polar surface area (TPSA) is 156 Å². The van der Waals surface area contributed by atoms with Crippen molar-refractivity contribution in [2.75, 3.05) is 18.6 Å². The molecule has 0 aliphatic rings. The first-order valence-corrected chi connectivity index (χ1v) is 6.91. The number of sulfone groups is 1. The van der Waals surface area contributed by atoms with Gasteiger partial charge in [0.25, 0.3) is 0 Å². The van der Waals surface area contributed by atoms with Gasteiger partial charge in [-0.05, 0) is 0 Å². The molecule has 0 aromatic heterocycles. The van der Waals surface area contributed by atoms with Crippen LogP contribution in [0.25, 0.3) is 0 Å². The molecule has 0 rings (SSSR count). The van der Waals surface area contributed by atoms with Crippen molar-refractivity contribution in [1.82, 2.24) is 10.6 Å². The first-order valence-electron chi connectivity index (χ1n) is 4.85. The highest BCUT2D eigenvalue weighted by Gasteiger charge is 2.21. The summed E-state index contributed by atoms with van der Waals surface area (Å²) in [5.41, 5.74) is 4.81. The summed E-state index contributed by atoms with van der Waals surface area (Å²) < 4.78 is 21.5. The number of nitrogens with two attached hydrogens (primary N) is 1. The fraction of sp³-hybridized carbons (Fsp3) is 0.625. The lowest BCUT2D eigenvalue weighted by Crippen LogP contribution is -2.48. The number of aliphatic carboxylic acids is 1. The third-order valence-corrected chi connectivity index (χ3v) is 2.71. The van der Waals surface area contributed by atoms with Crippen molar-refractivity contribution < 1.29 is 27.9 Å². The van der Waals surface area contributed by atoms with E-state index in [2.05, 4.69) is 5.32 Å². The van der Waals surface area contributed by atoms with Crippen molar-refractivity contribution in [3.05, 3.63) is 0 Å². The highest BCUT2D eigenvalue weighted by atomic mass is 32.2. The first-order chi connectivity index (χ1) is 8.11. The Kier molecular flexibility index (Phi) is 6.09. The van der Waals surface area contributed by atoms with E-state index in [1.54, 1.807) is 0 Å². The number of carboxylic acids is 1. The lowest BCUT2D eigenvalue weighted by Gasteiger charge is -2.13. The normalized spacial score (nSPS) is 12.5. The van der Waals surface area contributed by atoms with Crippen LogP contribution in [0.3, 0.4) is 0 Å². The van der Waals surface area contributed by atoms with E-state index in [4.69, 9.17) is 10.8 Å². The summed E-state index contributed by atoms with van der Waals surface area (Å²) in [4.78, 5) is 32.4. The minimum Gasteiger partial charge on any atom is -0.480 e. The number of primary amides is 1. The molecule has 0 saturated heterocycles. The first kappa shape index (κ1) is 16.2. The molecule has 0 bridgehead atoms. The zero-order valence-electron chi connectivity index (χ0n) is 9.67. The largest absolute Gasteiger partial charge is 0.480 e. The average molecular weight is 281 g/mol. The van der Waals surface area contributed by atoms with E-state index in [1.807, 2.05) is 5.32 Å². The van der Waals surface area contributed by atoms with Gasteiger partial charge in [-0.2, -0.15) is 0 Å². The molecule has 18 heavy (non-hydrogen) atoms. The number of hydrogen-bond donors (Lipinski definition) is 4. The van der Waals surface area contributed by atoms with Crippen LogP contribution in [0.15, 0.2) is 0 Å². The third-order valence-electron chi connectivity index (χ3n) is 1.77. The molecule has 0 aliphatic carbocycles. The van der Waals surface area contributed by atoms with E-state index in [9.17, 15) is 22.8 Å². The summed E-state index contributed by atoms with van der Waals surface area (Å²) in [5.74, 6) is -2.56. The van der Waals surface area contributed by atoms with Crippen LogP contribution in [0.2, 0.25) is 0 Å². The molecule has 1 atom stereocenters. The average Bonchev–Trinajstić information content (AvgIpc) is 2.13. The summed E-state index contributed by atoms with van der Waals surface area (Å²) in [6.45, 7) is -0.159. The van der Waals surface area contributed by atoms with E-state index in [-0.39, 0.29) is 12.3 Å². The van der Waals surface area contributed by atoms with Crippen molar-refractivity contribution in [2.24, 2.45) is 5.73 Å². The smallest absolute Gasteiger partial charge is 0.326 e. The van der Waals surface area contributed by atoms with Gasteiger partial charge in [-0.15, -0.1) is 0 Å². The summed E-state index contributed by atoms with van der Waals surface area (Å²) >= 11 is 0. The number of carbonyl (C=O) groups excluding carboxylic acids is 2. The SMILES string of the molecule is CS(=O)(=O)CCNC(=O)NC(CC(N)=O)C(=O)O. The van der Waals surface area contributed by atoms with Gasteiger partial charge in [-0.25, -0.2) is 18.0 Å². The molecule has 9 nitrogen and oxygen atoms in total. The number of hydrogen-bond acceptors (Lipinski definition) is 5. The number of amides is 3. The van der Waals surface area contributed by atoms with Crippen LogP contribution in [-0.2, 0) is 19.4 Å². The molecule has 0 radical (unpaired) electrons. The van der Waals surface area contributed by atoms with Gasteiger partial charge in [-0.3, -0.25) is 4.79 Å². The van der Waals surface area contributed by atoms with Gasteiger partial charge in [0.1, 0.15) is 15.9 Å². The molecule has 1 unspecified atom stereocenters. The Labute approximate surface area is 104 Å². The molecule has 0 spiro atoms. The molecule has 0 fully saturated rings. The second-order valence-electron chi connectivity index (χ2n) is 3.59. The number of nitrogens with one attached hydrogen (secondary N) is 2. The van der Waals surface area contributed by atoms with E-state index in [0.29, 0.717) is 0 Å². The maximum atomic E-state index is 11.2. The number of rotatable bonds is 7. The fourth-order valence-corrected chi connectivity index (χ4v) is 1.43. The Morgan fingerprint density at radius 3 is 2.28 bits per heavy atom. The summed E-state index contributed by atoms with van der Waals surface area (Å²) in [5, 5.41) is 12.8. The highest BCUT2D eigenvalue weighted by molar-refractivity contribution is 7.90. The lowest BCUT2D eigenvalue weighted by atomic mass is 10.2. The fourth-order valence-electron chi connectivity index (χ4n) is 0.960. The molecule has 0 aliphatic heterocycles. The molecular weight excluding hydrogens is 266 g/mol. The van der Waals surface area contributed by atoms with Crippen LogP contribution >= 0.6 is 0 Å². The second-order valence-corrected chi connectivity index (χ2v) is 5.85. The number of carboxylic acid groups (broad SMARTS) is 1. The van der Waals surface area contributed by atoms with Gasteiger partial charge in [0.15, 0.2) is 0 Å². The Balaban J connectivity index is 4.19. The van der Waals surface area contributed by atoms with E-state index in [0.717, 1.165) is 6.26 Å². The second kappa shape index (κ2) is 6.79. The standard InChI is InChI=1S/C8H15N3O6S/c1-18(16,17)3-2-10-8(15)11-5(7(13)14)4-6(9)12/h5H,2-4H2,1H3,(H2,9,12)(H,13,14)(H2,10,11,15). The Morgan fingerprint density at radius 1 is 1.33 bits per heavy atom. The van der Waals surface area contributed by atoms with Crippen molar-refractivity contribution in [3.8, 4) is 0 Å². The molecule has 0 aromatic carbocycles. The van der Waals surface area contributed by atoms with Crippen molar-refractivity contribution in [1.29, 1.82) is 0 Å². The van der Waals surface area contributed by atoms with Crippen molar-refractivity contribution in [2.45, 2.75) is 12.5 Å². The molecule has 5 N–H and O–H groups in total. The Hall–Kier alpha value is -1.84. The maximum absolute atomic E-state index is 11.2. The van der Waals surface area contributed by atoms with E-state index in [1.165, 1.54) is 0 Å². The lowest BCUT2D eigenvalue weighted by molar-refractivity contribution is -0.140. The zero-order valence-corrected chi connectivity index (χ0v) is 10.5. The zero-order chi connectivity index (χ0) is 14.3. The Bertz CT molecular complexity index is 432. The van der Waals surface area contributed by atoms with Crippen LogP contribution < -0.4 is 16.4 Å². The summed E-state index contributed by atoms with van der Waals surface area (Å²) in [7, 11) is -3.22. The molecule has 104 valence electrons. The van der Waals surface area contributed by atoms with E-state index < -0.39 is 40.2 Å². The molecule has 0 heterocycles. The predicted octanol–water partition coefficient (Wildman–Crippen LogP) is -2.34. The Morgan fingerprint density at radius 2 is 1.89 bits per heavy atom. The van der Waals surface area contributed by atoms with Crippen molar-refractivity contribution in [3.63, 3.8) is 0 Å². The van der Waals surface area contributed by atoms with Gasteiger partial charge in [0.05, 0.1) is 12.2 Å². The molecule has 10 heteroatoms. The van der Waals surface area contributed by atoms with Crippen LogP contribution in [0.5, 0.6) is 0 Å². The quantitative estimate of drug-likeness (QED) is 0.409. The number of urea groups is 1. The summed E-state index contributed by atoms with van der Waals surface area (Å²) in [6.07, 6.45) is 0.453. The molecule has 0 saturated carbocycles. The highest BCUT2D eigenvalue weighted by Crippen LogP contribution is 1.91. The van der Waals surface area contributed by atoms with E-state index >= 15 is 0 Å². The molecule has 0 aromatic rings. The maximum Gasteiger partial charge on any atom is 0.326 e. The molecule has 3 amide bonds. The molecular formula is C8H15N3O6S. The minimum atomic E-state index is -3.22. The van der Waals surface area contributed by atoms with Crippen LogP contribution in [-0.4, -0.2) is 56.0 Å². The van der Waals surface area contributed by atoms with Crippen LogP contribution in [0.1, 0.15) is 6.42 Å². The van der Waals surface area contributed by atoms with Crippen molar-refractivity contribution >= 4 is 27.7 Å². The van der Waals surface area contributed by atoms with Gasteiger partial charge in [0.2, 0.25) is 5.91 Å². The van der Waals surface area contributed by atoms with Gasteiger partial charge < -0.3 is 21.5 Å². The van der Waals surface area contributed by atoms with Crippen LogP contribution in [0, 0.1) is 0 Å². The van der Waals surface area contributed by atoms with Gasteiger partial charge in [-0.1, -0.05) is 0 Å². The predicted molar refractivity (Wildman–Crippen MR) is 61.5 cm³/mol. The van der Waals surface area contributed by atoms with Gasteiger partial charge in [0, 0.05) is 12.8 Å². The monoisotopic (exact) mass is 281 g/mol.